The Kier molecular flexibility index (Phi) is 3.01. The SMILES string of the molecule is Cc1nc2nc(C(F)(F)F)[nH]n2c(=O)c1CCC#N. The van der Waals surface area contributed by atoms with Crippen LogP contribution in [0.25, 0.3) is 5.78 Å². The lowest BCUT2D eigenvalue weighted by Gasteiger charge is -2.01. The first-order valence-electron chi connectivity index (χ1n) is 5.27. The average molecular weight is 271 g/mol. The lowest BCUT2D eigenvalue weighted by molar-refractivity contribution is -0.144. The first-order valence-corrected chi connectivity index (χ1v) is 5.27. The van der Waals surface area contributed by atoms with Crippen molar-refractivity contribution in [1.82, 2.24) is 19.6 Å². The molecule has 0 atom stereocenters. The molecule has 0 aliphatic rings. The number of hydrogen-bond acceptors (Lipinski definition) is 4. The van der Waals surface area contributed by atoms with Crippen molar-refractivity contribution in [2.45, 2.75) is 25.9 Å². The van der Waals surface area contributed by atoms with Crippen LogP contribution in [0, 0.1) is 18.3 Å². The molecular weight excluding hydrogens is 263 g/mol. The third kappa shape index (κ3) is 2.29. The maximum atomic E-state index is 12.5. The number of aromatic nitrogens is 4. The van der Waals surface area contributed by atoms with Crippen molar-refractivity contribution in [3.05, 3.63) is 27.4 Å². The van der Waals surface area contributed by atoms with E-state index in [0.29, 0.717) is 4.52 Å². The number of nitriles is 1. The minimum Gasteiger partial charge on any atom is -0.267 e. The number of nitrogens with one attached hydrogen (secondary N) is 1. The van der Waals surface area contributed by atoms with E-state index in [1.165, 1.54) is 6.92 Å². The van der Waals surface area contributed by atoms with Gasteiger partial charge in [-0.1, -0.05) is 0 Å². The monoisotopic (exact) mass is 271 g/mol. The highest BCUT2D eigenvalue weighted by Gasteiger charge is 2.35. The number of halogens is 3. The summed E-state index contributed by atoms with van der Waals surface area (Å²) in [5, 5.41) is 10.4. The molecule has 2 heterocycles. The van der Waals surface area contributed by atoms with Gasteiger partial charge in [0.15, 0.2) is 0 Å². The summed E-state index contributed by atoms with van der Waals surface area (Å²) >= 11 is 0. The fraction of sp³-hybridized carbons (Fsp3) is 0.400. The molecule has 100 valence electrons. The summed E-state index contributed by atoms with van der Waals surface area (Å²) < 4.78 is 38.1. The zero-order valence-corrected chi connectivity index (χ0v) is 9.75. The predicted octanol–water partition coefficient (Wildman–Crippen LogP) is 1.20. The zero-order valence-electron chi connectivity index (χ0n) is 9.75. The van der Waals surface area contributed by atoms with Crippen LogP contribution in [0.2, 0.25) is 0 Å². The molecule has 0 amide bonds. The average Bonchev–Trinajstić information content (AvgIpc) is 2.72. The van der Waals surface area contributed by atoms with Gasteiger partial charge in [-0.3, -0.25) is 9.89 Å². The molecule has 2 aromatic heterocycles. The lowest BCUT2D eigenvalue weighted by Crippen LogP contribution is -2.22. The largest absolute Gasteiger partial charge is 0.451 e. The Labute approximate surface area is 104 Å². The summed E-state index contributed by atoms with van der Waals surface area (Å²) in [6, 6.07) is 1.87. The van der Waals surface area contributed by atoms with Gasteiger partial charge in [-0.05, 0) is 13.3 Å². The van der Waals surface area contributed by atoms with Gasteiger partial charge in [-0.15, -0.1) is 0 Å². The van der Waals surface area contributed by atoms with Gasteiger partial charge in [0.25, 0.3) is 11.3 Å². The lowest BCUT2D eigenvalue weighted by atomic mass is 10.1. The molecular formula is C10H8F3N5O. The van der Waals surface area contributed by atoms with Crippen LogP contribution in [-0.4, -0.2) is 19.6 Å². The number of H-pyrrole nitrogens is 1. The van der Waals surface area contributed by atoms with Crippen molar-refractivity contribution in [3.63, 3.8) is 0 Å². The summed E-state index contributed by atoms with van der Waals surface area (Å²) in [6.45, 7) is 1.50. The Morgan fingerprint density at radius 1 is 1.42 bits per heavy atom. The zero-order chi connectivity index (χ0) is 14.2. The Hall–Kier alpha value is -2.37. The molecule has 0 bridgehead atoms. The van der Waals surface area contributed by atoms with E-state index in [1.54, 1.807) is 0 Å². The first kappa shape index (κ1) is 13.1. The summed E-state index contributed by atoms with van der Waals surface area (Å²) in [7, 11) is 0. The molecule has 2 rings (SSSR count). The number of hydrogen-bond donors (Lipinski definition) is 1. The molecule has 0 aromatic carbocycles. The van der Waals surface area contributed by atoms with E-state index in [0.717, 1.165) is 0 Å². The van der Waals surface area contributed by atoms with E-state index in [-0.39, 0.29) is 29.9 Å². The van der Waals surface area contributed by atoms with Gasteiger partial charge >= 0.3 is 6.18 Å². The summed E-state index contributed by atoms with van der Waals surface area (Å²) in [5.41, 5.74) is -0.183. The van der Waals surface area contributed by atoms with Crippen LogP contribution in [0.4, 0.5) is 13.2 Å². The van der Waals surface area contributed by atoms with Crippen molar-refractivity contribution < 1.29 is 13.2 Å². The molecule has 0 fully saturated rings. The van der Waals surface area contributed by atoms with Gasteiger partial charge in [0, 0.05) is 12.0 Å². The van der Waals surface area contributed by atoms with Gasteiger partial charge in [0.05, 0.1) is 11.8 Å². The fourth-order valence-electron chi connectivity index (χ4n) is 1.65. The maximum absolute atomic E-state index is 12.5. The molecule has 19 heavy (non-hydrogen) atoms. The number of aromatic amines is 1. The molecule has 0 saturated carbocycles. The molecule has 2 aromatic rings. The Morgan fingerprint density at radius 3 is 2.68 bits per heavy atom. The number of nitrogens with zero attached hydrogens (tertiary/aromatic N) is 4. The minimum atomic E-state index is -4.68. The molecule has 6 nitrogen and oxygen atoms in total. The van der Waals surface area contributed by atoms with Crippen molar-refractivity contribution in [2.24, 2.45) is 0 Å². The van der Waals surface area contributed by atoms with E-state index in [4.69, 9.17) is 5.26 Å². The highest BCUT2D eigenvalue weighted by molar-refractivity contribution is 5.32. The minimum absolute atomic E-state index is 0.0874. The highest BCUT2D eigenvalue weighted by Crippen LogP contribution is 2.25. The van der Waals surface area contributed by atoms with Crippen LogP contribution < -0.4 is 5.56 Å². The van der Waals surface area contributed by atoms with Crippen molar-refractivity contribution in [2.75, 3.05) is 0 Å². The Balaban J connectivity index is 2.64. The summed E-state index contributed by atoms with van der Waals surface area (Å²) in [4.78, 5) is 19.0. The smallest absolute Gasteiger partial charge is 0.267 e. The predicted molar refractivity (Wildman–Crippen MR) is 57.3 cm³/mol. The highest BCUT2D eigenvalue weighted by atomic mass is 19.4. The van der Waals surface area contributed by atoms with E-state index in [2.05, 4.69) is 9.97 Å². The van der Waals surface area contributed by atoms with Crippen LogP contribution in [0.3, 0.4) is 0 Å². The van der Waals surface area contributed by atoms with Gasteiger partial charge < -0.3 is 0 Å². The summed E-state index contributed by atoms with van der Waals surface area (Å²) in [5.74, 6) is -1.62. The molecule has 0 unspecified atom stereocenters. The molecule has 9 heteroatoms. The van der Waals surface area contributed by atoms with Crippen LogP contribution in [-0.2, 0) is 12.6 Å². The second-order valence-corrected chi connectivity index (χ2v) is 3.84. The second kappa shape index (κ2) is 4.38. The molecule has 0 aliphatic heterocycles. The molecule has 0 aliphatic carbocycles. The van der Waals surface area contributed by atoms with Gasteiger partial charge in [-0.2, -0.15) is 27.9 Å². The standard InChI is InChI=1S/C10H8F3N5O/c1-5-6(3-2-4-14)7(19)18-9(15-5)16-8(17-18)10(11,12)13/h2-3H2,1H3,(H,15,16,17). The maximum Gasteiger partial charge on any atom is 0.451 e. The topological polar surface area (TPSA) is 86.8 Å². The van der Waals surface area contributed by atoms with Crippen LogP contribution in [0.15, 0.2) is 4.79 Å². The van der Waals surface area contributed by atoms with Crippen LogP contribution in [0.1, 0.15) is 23.5 Å². The van der Waals surface area contributed by atoms with E-state index in [9.17, 15) is 18.0 Å². The number of aryl methyl sites for hydroxylation is 1. The second-order valence-electron chi connectivity index (χ2n) is 3.84. The van der Waals surface area contributed by atoms with Gasteiger partial charge in [0.2, 0.25) is 5.82 Å². The Morgan fingerprint density at radius 2 is 2.11 bits per heavy atom. The first-order chi connectivity index (χ1) is 8.84. The third-order valence-electron chi connectivity index (χ3n) is 2.55. The van der Waals surface area contributed by atoms with E-state index in [1.807, 2.05) is 11.2 Å². The van der Waals surface area contributed by atoms with Crippen LogP contribution in [0.5, 0.6) is 0 Å². The fourth-order valence-corrected chi connectivity index (χ4v) is 1.65. The quantitative estimate of drug-likeness (QED) is 0.889. The van der Waals surface area contributed by atoms with E-state index < -0.39 is 17.6 Å². The molecule has 0 spiro atoms. The number of alkyl halides is 3. The van der Waals surface area contributed by atoms with Crippen molar-refractivity contribution >= 4 is 5.78 Å². The molecule has 1 N–H and O–H groups in total. The number of fused-ring (bicyclic) bond motifs is 1. The van der Waals surface area contributed by atoms with Crippen molar-refractivity contribution in [1.29, 1.82) is 5.26 Å². The van der Waals surface area contributed by atoms with Gasteiger partial charge in [0.1, 0.15) is 0 Å². The number of rotatable bonds is 2. The normalized spacial score (nSPS) is 11.7. The van der Waals surface area contributed by atoms with Crippen molar-refractivity contribution in [3.8, 4) is 6.07 Å². The van der Waals surface area contributed by atoms with Crippen LogP contribution >= 0.6 is 0 Å². The van der Waals surface area contributed by atoms with Gasteiger partial charge in [-0.25, -0.2) is 4.98 Å². The molecule has 0 saturated heterocycles. The summed E-state index contributed by atoms with van der Waals surface area (Å²) in [6.07, 6.45) is -4.46. The van der Waals surface area contributed by atoms with E-state index >= 15 is 0 Å². The molecule has 0 radical (unpaired) electrons. The third-order valence-corrected chi connectivity index (χ3v) is 2.55. The Bertz CT molecular complexity index is 722.